The summed E-state index contributed by atoms with van der Waals surface area (Å²) >= 11 is 0. The van der Waals surface area contributed by atoms with Gasteiger partial charge < -0.3 is 19.1 Å². The molecule has 1 saturated heterocycles. The molecular weight excluding hydrogens is 413 g/mol. The van der Waals surface area contributed by atoms with Gasteiger partial charge in [-0.2, -0.15) is 0 Å². The standard InChI is InChI=1S/C25H34FNO5/c1-16-11-25(3,15-30-12-17(2)28)22-13-31-19-9-7-18(8-10-19)24-20(26)5-4-6-21(24)32-14-23(29)27(16)22/h4-6,16,18-19,22H,7-15H2,1-3H3. The summed E-state index contributed by atoms with van der Waals surface area (Å²) in [5.41, 5.74) is 0.262. The molecule has 176 valence electrons. The second-order valence-corrected chi connectivity index (χ2v) is 9.97. The van der Waals surface area contributed by atoms with Crippen LogP contribution in [0.15, 0.2) is 18.2 Å². The number of hydrogen-bond acceptors (Lipinski definition) is 5. The Morgan fingerprint density at radius 1 is 1.28 bits per heavy atom. The van der Waals surface area contributed by atoms with Crippen molar-refractivity contribution in [3.63, 3.8) is 0 Å². The highest BCUT2D eigenvalue weighted by Crippen LogP contribution is 2.44. The Labute approximate surface area is 189 Å². The molecule has 1 aromatic rings. The maximum absolute atomic E-state index is 14.7. The molecule has 1 aromatic carbocycles. The van der Waals surface area contributed by atoms with Crippen molar-refractivity contribution < 1.29 is 28.2 Å². The van der Waals surface area contributed by atoms with Crippen LogP contribution in [0.4, 0.5) is 4.39 Å². The lowest BCUT2D eigenvalue weighted by atomic mass is 9.81. The molecule has 0 N–H and O–H groups in total. The fourth-order valence-electron chi connectivity index (χ4n) is 5.84. The topological polar surface area (TPSA) is 65.1 Å². The lowest BCUT2D eigenvalue weighted by Crippen LogP contribution is -2.50. The van der Waals surface area contributed by atoms with E-state index >= 15 is 0 Å². The quantitative estimate of drug-likeness (QED) is 0.701. The second kappa shape index (κ2) is 9.48. The predicted molar refractivity (Wildman–Crippen MR) is 117 cm³/mol. The number of ketones is 1. The summed E-state index contributed by atoms with van der Waals surface area (Å²) in [5, 5.41) is 0. The molecule has 5 rings (SSSR count). The van der Waals surface area contributed by atoms with Crippen LogP contribution in [-0.2, 0) is 19.1 Å². The molecule has 1 aliphatic carbocycles. The van der Waals surface area contributed by atoms with Crippen LogP contribution in [-0.4, -0.2) is 61.2 Å². The number of halogens is 1. The van der Waals surface area contributed by atoms with Crippen molar-refractivity contribution in [1.82, 2.24) is 4.90 Å². The molecule has 1 amide bonds. The van der Waals surface area contributed by atoms with Gasteiger partial charge in [-0.1, -0.05) is 13.0 Å². The first kappa shape index (κ1) is 23.2. The third-order valence-electron chi connectivity index (χ3n) is 7.34. The van der Waals surface area contributed by atoms with Gasteiger partial charge in [-0.05, 0) is 64.0 Å². The maximum Gasteiger partial charge on any atom is 0.261 e. The molecule has 3 aliphatic heterocycles. The number of carbonyl (C=O) groups is 2. The first-order valence-corrected chi connectivity index (χ1v) is 11.7. The smallest absolute Gasteiger partial charge is 0.261 e. The number of nitrogens with zero attached hydrogens (tertiary/aromatic N) is 1. The van der Waals surface area contributed by atoms with Gasteiger partial charge in [0.15, 0.2) is 12.4 Å². The first-order chi connectivity index (χ1) is 15.3. The van der Waals surface area contributed by atoms with Gasteiger partial charge in [0.25, 0.3) is 5.91 Å². The zero-order valence-corrected chi connectivity index (χ0v) is 19.3. The summed E-state index contributed by atoms with van der Waals surface area (Å²) in [6, 6.07) is 4.68. The fraction of sp³-hybridized carbons (Fsp3) is 0.680. The Hall–Kier alpha value is -1.99. The molecule has 0 spiro atoms. The molecule has 1 saturated carbocycles. The highest BCUT2D eigenvalue weighted by atomic mass is 19.1. The van der Waals surface area contributed by atoms with Crippen molar-refractivity contribution in [2.45, 2.75) is 77.0 Å². The zero-order chi connectivity index (χ0) is 22.9. The number of ether oxygens (including phenoxy) is 3. The third kappa shape index (κ3) is 4.69. The van der Waals surface area contributed by atoms with E-state index in [1.54, 1.807) is 12.1 Å². The van der Waals surface area contributed by atoms with E-state index in [0.717, 1.165) is 32.1 Å². The third-order valence-corrected chi connectivity index (χ3v) is 7.34. The Morgan fingerprint density at radius 2 is 2.03 bits per heavy atom. The molecule has 2 fully saturated rings. The first-order valence-electron chi connectivity index (χ1n) is 11.7. The van der Waals surface area contributed by atoms with E-state index in [4.69, 9.17) is 14.2 Å². The van der Waals surface area contributed by atoms with E-state index in [0.29, 0.717) is 24.5 Å². The summed E-state index contributed by atoms with van der Waals surface area (Å²) < 4.78 is 32.7. The molecule has 2 bridgehead atoms. The van der Waals surface area contributed by atoms with Gasteiger partial charge in [0.2, 0.25) is 0 Å². The van der Waals surface area contributed by atoms with E-state index < -0.39 is 0 Å². The van der Waals surface area contributed by atoms with Crippen LogP contribution in [0.25, 0.3) is 0 Å². The van der Waals surface area contributed by atoms with Crippen LogP contribution in [0.3, 0.4) is 0 Å². The molecule has 0 radical (unpaired) electrons. The normalized spacial score (nSPS) is 32.9. The number of fused-ring (bicyclic) bond motifs is 5. The summed E-state index contributed by atoms with van der Waals surface area (Å²) in [5.74, 6) is 0.124. The SMILES string of the molecule is CC(=O)COCC1(C)CC(C)N2C(=O)COc3cccc(F)c3C3CCC(CC3)OCC21. The fourth-order valence-corrected chi connectivity index (χ4v) is 5.84. The summed E-state index contributed by atoms with van der Waals surface area (Å²) in [7, 11) is 0. The molecule has 3 heterocycles. The van der Waals surface area contributed by atoms with Gasteiger partial charge in [-0.3, -0.25) is 9.59 Å². The number of amides is 1. The van der Waals surface area contributed by atoms with Gasteiger partial charge in [0.05, 0.1) is 25.4 Å². The van der Waals surface area contributed by atoms with Gasteiger partial charge in [-0.15, -0.1) is 0 Å². The molecule has 0 aromatic heterocycles. The van der Waals surface area contributed by atoms with E-state index in [1.807, 2.05) is 11.8 Å². The van der Waals surface area contributed by atoms with Crippen molar-refractivity contribution in [3.8, 4) is 5.75 Å². The zero-order valence-electron chi connectivity index (χ0n) is 19.3. The monoisotopic (exact) mass is 447 g/mol. The number of hydrogen-bond donors (Lipinski definition) is 0. The number of Topliss-reactive ketones (excluding diaryl/α,β-unsaturated/α-hetero) is 1. The molecule has 4 aliphatic rings. The highest BCUT2D eigenvalue weighted by Gasteiger charge is 2.50. The molecule has 3 atom stereocenters. The van der Waals surface area contributed by atoms with Gasteiger partial charge in [0.1, 0.15) is 18.2 Å². The maximum atomic E-state index is 14.7. The van der Waals surface area contributed by atoms with Crippen LogP contribution in [0.1, 0.15) is 64.4 Å². The number of benzene rings is 1. The van der Waals surface area contributed by atoms with Crippen molar-refractivity contribution >= 4 is 11.7 Å². The Bertz CT molecular complexity index is 853. The molecule has 32 heavy (non-hydrogen) atoms. The van der Waals surface area contributed by atoms with E-state index in [1.165, 1.54) is 13.0 Å². The molecule has 6 nitrogen and oxygen atoms in total. The lowest BCUT2D eigenvalue weighted by Gasteiger charge is -2.37. The van der Waals surface area contributed by atoms with E-state index in [2.05, 4.69) is 6.92 Å². The van der Waals surface area contributed by atoms with Gasteiger partial charge >= 0.3 is 0 Å². The van der Waals surface area contributed by atoms with Gasteiger partial charge in [-0.25, -0.2) is 4.39 Å². The Kier molecular flexibility index (Phi) is 6.86. The predicted octanol–water partition coefficient (Wildman–Crippen LogP) is 3.86. The number of carbonyl (C=O) groups excluding carboxylic acids is 2. The Balaban J connectivity index is 1.61. The van der Waals surface area contributed by atoms with Crippen molar-refractivity contribution in [2.75, 3.05) is 26.4 Å². The van der Waals surface area contributed by atoms with Crippen molar-refractivity contribution in [3.05, 3.63) is 29.6 Å². The molecule has 7 heteroatoms. The van der Waals surface area contributed by atoms with Gasteiger partial charge in [0, 0.05) is 17.0 Å². The van der Waals surface area contributed by atoms with Crippen LogP contribution in [0.5, 0.6) is 5.75 Å². The van der Waals surface area contributed by atoms with Crippen LogP contribution >= 0.6 is 0 Å². The largest absolute Gasteiger partial charge is 0.483 e. The average molecular weight is 448 g/mol. The molecule has 3 unspecified atom stereocenters. The van der Waals surface area contributed by atoms with E-state index in [-0.39, 0.29) is 60.2 Å². The van der Waals surface area contributed by atoms with Crippen molar-refractivity contribution in [2.24, 2.45) is 5.41 Å². The van der Waals surface area contributed by atoms with Crippen molar-refractivity contribution in [1.29, 1.82) is 0 Å². The minimum atomic E-state index is -0.327. The minimum absolute atomic E-state index is 0.0148. The summed E-state index contributed by atoms with van der Waals surface area (Å²) in [6.45, 7) is 6.37. The molecular formula is C25H34FNO5. The summed E-state index contributed by atoms with van der Waals surface area (Å²) in [6.07, 6.45) is 4.22. The lowest BCUT2D eigenvalue weighted by molar-refractivity contribution is -0.140. The minimum Gasteiger partial charge on any atom is -0.483 e. The van der Waals surface area contributed by atoms with Crippen LogP contribution < -0.4 is 4.74 Å². The van der Waals surface area contributed by atoms with E-state index in [9.17, 15) is 14.0 Å². The highest BCUT2D eigenvalue weighted by molar-refractivity contribution is 5.79. The number of rotatable bonds is 4. The van der Waals surface area contributed by atoms with Crippen LogP contribution in [0.2, 0.25) is 0 Å². The second-order valence-electron chi connectivity index (χ2n) is 9.97. The average Bonchev–Trinajstić information content (AvgIpc) is 3.00. The Morgan fingerprint density at radius 3 is 2.75 bits per heavy atom. The summed E-state index contributed by atoms with van der Waals surface area (Å²) in [4.78, 5) is 26.5. The van der Waals surface area contributed by atoms with Crippen LogP contribution in [0, 0.1) is 11.2 Å².